The average Bonchev–Trinajstić information content (AvgIpc) is 3.31. The third-order valence-electron chi connectivity index (χ3n) is 5.30. The lowest BCUT2D eigenvalue weighted by Gasteiger charge is -2.15. The molecule has 32 heavy (non-hydrogen) atoms. The normalized spacial score (nSPS) is 13.9. The van der Waals surface area contributed by atoms with Crippen molar-refractivity contribution in [2.45, 2.75) is 51.7 Å². The predicted molar refractivity (Wildman–Crippen MR) is 139 cm³/mol. The van der Waals surface area contributed by atoms with Crippen LogP contribution in [0.15, 0.2) is 47.6 Å². The fraction of sp³-hybridized carbons (Fsp3) is 0.458. The Bertz CT molecular complexity index is 884. The van der Waals surface area contributed by atoms with Gasteiger partial charge in [0.25, 0.3) is 5.91 Å². The maximum Gasteiger partial charge on any atom is 0.251 e. The van der Waals surface area contributed by atoms with Crippen LogP contribution in [0.5, 0.6) is 5.88 Å². The Morgan fingerprint density at radius 3 is 2.75 bits per heavy atom. The third kappa shape index (κ3) is 7.96. The number of halogens is 1. The van der Waals surface area contributed by atoms with Gasteiger partial charge in [0.1, 0.15) is 6.10 Å². The van der Waals surface area contributed by atoms with Crippen molar-refractivity contribution in [3.8, 4) is 5.88 Å². The molecule has 2 aromatic rings. The highest BCUT2D eigenvalue weighted by molar-refractivity contribution is 14.0. The van der Waals surface area contributed by atoms with Crippen LogP contribution < -0.4 is 20.7 Å². The van der Waals surface area contributed by atoms with Gasteiger partial charge in [0, 0.05) is 37.5 Å². The topological polar surface area (TPSA) is 87.6 Å². The molecule has 0 saturated heterocycles. The Balaban J connectivity index is 0.00000363. The molecule has 1 aromatic heterocycles. The maximum absolute atomic E-state index is 11.8. The molecule has 1 aromatic carbocycles. The zero-order valence-electron chi connectivity index (χ0n) is 18.9. The van der Waals surface area contributed by atoms with Gasteiger partial charge in [0.2, 0.25) is 5.88 Å². The van der Waals surface area contributed by atoms with Gasteiger partial charge in [-0.15, -0.1) is 24.0 Å². The Labute approximate surface area is 207 Å². The van der Waals surface area contributed by atoms with Crippen molar-refractivity contribution in [2.75, 3.05) is 20.1 Å². The van der Waals surface area contributed by atoms with E-state index in [1.54, 1.807) is 13.2 Å². The zero-order valence-corrected chi connectivity index (χ0v) is 21.2. The SMILES string of the molecule is CCNC(=NCc1cccnc1OC1CCCC1)NCCc1cccc(C(=O)NC)c1.I. The molecule has 3 rings (SSSR count). The van der Waals surface area contributed by atoms with Crippen LogP contribution in [0.2, 0.25) is 0 Å². The number of nitrogens with zero attached hydrogens (tertiary/aromatic N) is 2. The van der Waals surface area contributed by atoms with Crippen molar-refractivity contribution in [1.82, 2.24) is 20.9 Å². The van der Waals surface area contributed by atoms with Gasteiger partial charge in [0.05, 0.1) is 6.54 Å². The molecule has 0 bridgehead atoms. The number of hydrogen-bond donors (Lipinski definition) is 3. The minimum atomic E-state index is -0.0724. The van der Waals surface area contributed by atoms with Gasteiger partial charge in [-0.1, -0.05) is 18.2 Å². The fourth-order valence-corrected chi connectivity index (χ4v) is 3.66. The Hall–Kier alpha value is -2.36. The summed E-state index contributed by atoms with van der Waals surface area (Å²) in [6.07, 6.45) is 7.49. The smallest absolute Gasteiger partial charge is 0.251 e. The van der Waals surface area contributed by atoms with E-state index in [0.29, 0.717) is 24.5 Å². The van der Waals surface area contributed by atoms with Crippen LogP contribution >= 0.6 is 24.0 Å². The maximum atomic E-state index is 11.8. The molecular formula is C24H34IN5O2. The van der Waals surface area contributed by atoms with Crippen molar-refractivity contribution < 1.29 is 9.53 Å². The van der Waals surface area contributed by atoms with Crippen LogP contribution in [-0.4, -0.2) is 43.1 Å². The second kappa shape index (κ2) is 13.9. The molecule has 1 amide bonds. The fourth-order valence-electron chi connectivity index (χ4n) is 3.66. The van der Waals surface area contributed by atoms with E-state index in [2.05, 4.69) is 20.9 Å². The number of pyridine rings is 1. The third-order valence-corrected chi connectivity index (χ3v) is 5.30. The number of amides is 1. The number of guanidine groups is 1. The van der Waals surface area contributed by atoms with Crippen LogP contribution in [0.4, 0.5) is 0 Å². The Morgan fingerprint density at radius 2 is 2.00 bits per heavy atom. The molecule has 1 aliphatic carbocycles. The van der Waals surface area contributed by atoms with Crippen molar-refractivity contribution in [3.63, 3.8) is 0 Å². The summed E-state index contributed by atoms with van der Waals surface area (Å²) < 4.78 is 6.12. The van der Waals surface area contributed by atoms with Crippen molar-refractivity contribution in [2.24, 2.45) is 4.99 Å². The highest BCUT2D eigenvalue weighted by Gasteiger charge is 2.18. The summed E-state index contributed by atoms with van der Waals surface area (Å²) in [4.78, 5) is 21.0. The van der Waals surface area contributed by atoms with E-state index in [1.165, 1.54) is 12.8 Å². The highest BCUT2D eigenvalue weighted by Crippen LogP contribution is 2.25. The zero-order chi connectivity index (χ0) is 21.9. The molecule has 7 nitrogen and oxygen atoms in total. The number of nitrogens with one attached hydrogen (secondary N) is 3. The minimum Gasteiger partial charge on any atom is -0.474 e. The van der Waals surface area contributed by atoms with Crippen molar-refractivity contribution in [1.29, 1.82) is 0 Å². The first-order valence-corrected chi connectivity index (χ1v) is 11.1. The van der Waals surface area contributed by atoms with Gasteiger partial charge < -0.3 is 20.7 Å². The number of hydrogen-bond acceptors (Lipinski definition) is 4. The van der Waals surface area contributed by atoms with Crippen LogP contribution in [-0.2, 0) is 13.0 Å². The second-order valence-corrected chi connectivity index (χ2v) is 7.64. The first kappa shape index (κ1) is 25.9. The van der Waals surface area contributed by atoms with Crippen molar-refractivity contribution >= 4 is 35.8 Å². The van der Waals surface area contributed by atoms with Crippen LogP contribution in [0, 0.1) is 0 Å². The number of rotatable bonds is 9. The minimum absolute atomic E-state index is 0. The molecule has 174 valence electrons. The molecule has 1 aliphatic rings. The van der Waals surface area contributed by atoms with E-state index in [0.717, 1.165) is 42.9 Å². The number of carbonyl (C=O) groups excluding carboxylic acids is 1. The summed E-state index contributed by atoms with van der Waals surface area (Å²) in [5, 5.41) is 9.32. The van der Waals surface area contributed by atoms with Gasteiger partial charge >= 0.3 is 0 Å². The average molecular weight is 551 g/mol. The second-order valence-electron chi connectivity index (χ2n) is 7.64. The van der Waals surface area contributed by atoms with Crippen LogP contribution in [0.25, 0.3) is 0 Å². The van der Waals surface area contributed by atoms with Crippen molar-refractivity contribution in [3.05, 3.63) is 59.3 Å². The molecular weight excluding hydrogens is 517 g/mol. The molecule has 3 N–H and O–H groups in total. The molecule has 0 unspecified atom stereocenters. The first-order valence-electron chi connectivity index (χ1n) is 11.1. The molecule has 1 fully saturated rings. The van der Waals surface area contributed by atoms with Crippen LogP contribution in [0.3, 0.4) is 0 Å². The summed E-state index contributed by atoms with van der Waals surface area (Å²) in [7, 11) is 1.64. The van der Waals surface area contributed by atoms with E-state index >= 15 is 0 Å². The summed E-state index contributed by atoms with van der Waals surface area (Å²) in [5.74, 6) is 1.37. The number of carbonyl (C=O) groups is 1. The number of benzene rings is 1. The molecule has 1 heterocycles. The van der Waals surface area contributed by atoms with Gasteiger partial charge in [-0.25, -0.2) is 9.98 Å². The standard InChI is InChI=1S/C24H33N5O2.HI/c1-3-26-24(28-15-13-18-8-6-9-19(16-18)22(30)25-2)29-17-20-10-7-14-27-23(20)31-21-11-4-5-12-21;/h6-10,14,16,21H,3-5,11-13,15,17H2,1-2H3,(H,25,30)(H2,26,28,29);1H. The lowest BCUT2D eigenvalue weighted by molar-refractivity contribution is 0.0963. The monoisotopic (exact) mass is 551 g/mol. The molecule has 0 radical (unpaired) electrons. The summed E-state index contributed by atoms with van der Waals surface area (Å²) in [5.41, 5.74) is 2.76. The quantitative estimate of drug-likeness (QED) is 0.252. The van der Waals surface area contributed by atoms with E-state index in [4.69, 9.17) is 9.73 Å². The molecule has 0 aliphatic heterocycles. The molecule has 8 heteroatoms. The number of ether oxygens (including phenoxy) is 1. The van der Waals surface area contributed by atoms with E-state index in [9.17, 15) is 4.79 Å². The number of aromatic nitrogens is 1. The van der Waals surface area contributed by atoms with Gasteiger partial charge in [0.15, 0.2) is 5.96 Å². The van der Waals surface area contributed by atoms with Gasteiger partial charge in [-0.3, -0.25) is 4.79 Å². The summed E-state index contributed by atoms with van der Waals surface area (Å²) in [6, 6.07) is 11.6. The summed E-state index contributed by atoms with van der Waals surface area (Å²) in [6.45, 7) is 4.03. The van der Waals surface area contributed by atoms with E-state index in [-0.39, 0.29) is 36.0 Å². The first-order chi connectivity index (χ1) is 15.2. The molecule has 0 spiro atoms. The van der Waals surface area contributed by atoms with E-state index in [1.807, 2.05) is 43.3 Å². The number of aliphatic imine (C=N–C) groups is 1. The Kier molecular flexibility index (Phi) is 11.3. The summed E-state index contributed by atoms with van der Waals surface area (Å²) >= 11 is 0. The lowest BCUT2D eigenvalue weighted by Crippen LogP contribution is -2.38. The van der Waals surface area contributed by atoms with Gasteiger partial charge in [-0.2, -0.15) is 0 Å². The highest BCUT2D eigenvalue weighted by atomic mass is 127. The van der Waals surface area contributed by atoms with Gasteiger partial charge in [-0.05, 0) is 62.8 Å². The van der Waals surface area contributed by atoms with E-state index < -0.39 is 0 Å². The van der Waals surface area contributed by atoms with Crippen LogP contribution in [0.1, 0.15) is 54.1 Å². The molecule has 0 atom stereocenters. The largest absolute Gasteiger partial charge is 0.474 e. The lowest BCUT2D eigenvalue weighted by atomic mass is 10.1. The predicted octanol–water partition coefficient (Wildman–Crippen LogP) is 3.68. The Morgan fingerprint density at radius 1 is 1.19 bits per heavy atom. The molecule has 1 saturated carbocycles.